The molecular weight excluding hydrogens is 374 g/mol. The molecule has 0 aromatic heterocycles. The van der Waals surface area contributed by atoms with Crippen LogP contribution in [0.25, 0.3) is 0 Å². The van der Waals surface area contributed by atoms with Gasteiger partial charge in [-0.05, 0) is 48.9 Å². The third-order valence-corrected chi connectivity index (χ3v) is 5.35. The maximum Gasteiger partial charge on any atom is 0.415 e. The Morgan fingerprint density at radius 1 is 1.00 bits per heavy atom. The van der Waals surface area contributed by atoms with Gasteiger partial charge in [0, 0.05) is 12.1 Å². The zero-order chi connectivity index (χ0) is 20.4. The molecule has 0 aliphatic carbocycles. The fraction of sp³-hybridized carbons (Fsp3) is 0.409. The summed E-state index contributed by atoms with van der Waals surface area (Å²) in [6, 6.07) is 14.9. The minimum Gasteiger partial charge on any atom is -0.497 e. The number of fused-ring (bicyclic) bond motifs is 1. The van der Waals surface area contributed by atoms with Gasteiger partial charge in [-0.2, -0.15) is 0 Å². The van der Waals surface area contributed by atoms with Crippen LogP contribution in [-0.4, -0.2) is 44.9 Å². The highest BCUT2D eigenvalue weighted by Gasteiger charge is 2.50. The first kappa shape index (κ1) is 19.5. The third kappa shape index (κ3) is 4.02. The Kier molecular flexibility index (Phi) is 5.60. The Morgan fingerprint density at radius 3 is 2.24 bits per heavy atom. The van der Waals surface area contributed by atoms with Crippen molar-refractivity contribution in [2.75, 3.05) is 19.1 Å². The van der Waals surface area contributed by atoms with Crippen LogP contribution in [0.3, 0.4) is 0 Å². The summed E-state index contributed by atoms with van der Waals surface area (Å²) < 4.78 is 27.9. The van der Waals surface area contributed by atoms with Gasteiger partial charge >= 0.3 is 6.09 Å². The van der Waals surface area contributed by atoms with Gasteiger partial charge in [-0.1, -0.05) is 12.1 Å². The molecule has 29 heavy (non-hydrogen) atoms. The Labute approximate surface area is 170 Å². The molecule has 2 aromatic carbocycles. The van der Waals surface area contributed by atoms with E-state index in [2.05, 4.69) is 0 Å². The first-order valence-electron chi connectivity index (χ1n) is 9.63. The van der Waals surface area contributed by atoms with Crippen molar-refractivity contribution in [2.45, 2.75) is 44.5 Å². The molecule has 154 valence electrons. The smallest absolute Gasteiger partial charge is 0.415 e. The van der Waals surface area contributed by atoms with Crippen molar-refractivity contribution in [3.05, 3.63) is 54.1 Å². The van der Waals surface area contributed by atoms with E-state index in [1.54, 1.807) is 19.1 Å². The quantitative estimate of drug-likeness (QED) is 0.737. The molecule has 7 heteroatoms. The Hall–Kier alpha value is -2.77. The summed E-state index contributed by atoms with van der Waals surface area (Å²) in [6.45, 7) is 2.32. The van der Waals surface area contributed by atoms with E-state index < -0.39 is 6.29 Å². The maximum atomic E-state index is 12.6. The Balaban J connectivity index is 1.45. The molecule has 2 saturated heterocycles. The van der Waals surface area contributed by atoms with E-state index in [1.165, 1.54) is 0 Å². The van der Waals surface area contributed by atoms with Crippen LogP contribution in [0.2, 0.25) is 0 Å². The zero-order valence-corrected chi connectivity index (χ0v) is 16.7. The molecule has 0 unspecified atom stereocenters. The summed E-state index contributed by atoms with van der Waals surface area (Å²) in [5.41, 5.74) is 1.79. The predicted molar refractivity (Wildman–Crippen MR) is 106 cm³/mol. The van der Waals surface area contributed by atoms with Crippen LogP contribution >= 0.6 is 0 Å². The SMILES string of the molecule is COc1ccc(CO[C@H]2C[C@H]3[C@H](OC(=O)N3c3ccc(OC)cc3)[C@H](C)O2)cc1. The van der Waals surface area contributed by atoms with Gasteiger partial charge in [0.2, 0.25) is 0 Å². The topological polar surface area (TPSA) is 66.5 Å². The van der Waals surface area contributed by atoms with Crippen LogP contribution in [0.1, 0.15) is 18.9 Å². The standard InChI is InChI=1S/C22H25NO6/c1-14-21-19(23(22(24)29-21)16-6-10-18(26-3)11-7-16)12-20(28-14)27-13-15-4-8-17(25-2)9-5-15/h4-11,14,19-21H,12-13H2,1-3H3/t14-,19-,20+,21+/m0/s1. The van der Waals surface area contributed by atoms with Crippen LogP contribution in [-0.2, 0) is 20.8 Å². The number of anilines is 1. The van der Waals surface area contributed by atoms with Crippen LogP contribution < -0.4 is 14.4 Å². The lowest BCUT2D eigenvalue weighted by Crippen LogP contribution is -2.50. The number of hydrogen-bond acceptors (Lipinski definition) is 6. The summed E-state index contributed by atoms with van der Waals surface area (Å²) in [7, 11) is 3.25. The predicted octanol–water partition coefficient (Wildman–Crippen LogP) is 3.75. The van der Waals surface area contributed by atoms with E-state index in [9.17, 15) is 4.79 Å². The molecule has 4 rings (SSSR count). The van der Waals surface area contributed by atoms with Crippen molar-refractivity contribution >= 4 is 11.8 Å². The minimum absolute atomic E-state index is 0.152. The second kappa shape index (κ2) is 8.31. The van der Waals surface area contributed by atoms with Gasteiger partial charge in [0.05, 0.1) is 33.0 Å². The number of nitrogens with zero attached hydrogens (tertiary/aromatic N) is 1. The number of benzene rings is 2. The summed E-state index contributed by atoms with van der Waals surface area (Å²) in [5, 5.41) is 0. The van der Waals surface area contributed by atoms with Crippen molar-refractivity contribution in [3.8, 4) is 11.5 Å². The zero-order valence-electron chi connectivity index (χ0n) is 16.7. The van der Waals surface area contributed by atoms with Crippen LogP contribution in [0, 0.1) is 0 Å². The number of amides is 1. The van der Waals surface area contributed by atoms with Gasteiger partial charge in [0.1, 0.15) is 11.5 Å². The second-order valence-electron chi connectivity index (χ2n) is 7.15. The van der Waals surface area contributed by atoms with E-state index in [1.807, 2.05) is 55.5 Å². The number of ether oxygens (including phenoxy) is 5. The average Bonchev–Trinajstić information content (AvgIpc) is 3.09. The van der Waals surface area contributed by atoms with E-state index in [0.717, 1.165) is 22.7 Å². The average molecular weight is 399 g/mol. The number of carbonyl (C=O) groups is 1. The van der Waals surface area contributed by atoms with E-state index >= 15 is 0 Å². The fourth-order valence-corrected chi connectivity index (χ4v) is 3.81. The molecule has 2 aliphatic rings. The molecule has 2 aliphatic heterocycles. The van der Waals surface area contributed by atoms with Crippen LogP contribution in [0.15, 0.2) is 48.5 Å². The van der Waals surface area contributed by atoms with Gasteiger partial charge in [0.25, 0.3) is 0 Å². The van der Waals surface area contributed by atoms with Crippen molar-refractivity contribution < 1.29 is 28.5 Å². The van der Waals surface area contributed by atoms with Crippen LogP contribution in [0.5, 0.6) is 11.5 Å². The van der Waals surface area contributed by atoms with Gasteiger partial charge in [-0.15, -0.1) is 0 Å². The van der Waals surface area contributed by atoms with Crippen LogP contribution in [0.4, 0.5) is 10.5 Å². The largest absolute Gasteiger partial charge is 0.497 e. The number of hydrogen-bond donors (Lipinski definition) is 0. The van der Waals surface area contributed by atoms with Gasteiger partial charge in [-0.25, -0.2) is 4.79 Å². The first-order chi connectivity index (χ1) is 14.1. The summed E-state index contributed by atoms with van der Waals surface area (Å²) in [4.78, 5) is 14.2. The van der Waals surface area contributed by atoms with Gasteiger partial charge in [-0.3, -0.25) is 4.90 Å². The highest BCUT2D eigenvalue weighted by molar-refractivity contribution is 5.91. The molecule has 0 saturated carbocycles. The molecule has 2 aromatic rings. The van der Waals surface area contributed by atoms with Crippen molar-refractivity contribution in [1.29, 1.82) is 0 Å². The molecule has 0 N–H and O–H groups in total. The minimum atomic E-state index is -0.427. The highest BCUT2D eigenvalue weighted by Crippen LogP contribution is 2.36. The summed E-state index contributed by atoms with van der Waals surface area (Å²) in [6.07, 6.45) is -0.851. The van der Waals surface area contributed by atoms with Crippen molar-refractivity contribution in [2.24, 2.45) is 0 Å². The van der Waals surface area contributed by atoms with E-state index in [-0.39, 0.29) is 24.3 Å². The summed E-state index contributed by atoms with van der Waals surface area (Å²) >= 11 is 0. The molecule has 0 spiro atoms. The van der Waals surface area contributed by atoms with E-state index in [0.29, 0.717) is 13.0 Å². The number of carbonyl (C=O) groups excluding carboxylic acids is 1. The lowest BCUT2D eigenvalue weighted by atomic mass is 9.98. The lowest BCUT2D eigenvalue weighted by Gasteiger charge is -2.37. The van der Waals surface area contributed by atoms with Gasteiger partial charge < -0.3 is 23.7 Å². The van der Waals surface area contributed by atoms with Crippen molar-refractivity contribution in [3.63, 3.8) is 0 Å². The highest BCUT2D eigenvalue weighted by atomic mass is 16.7. The molecule has 2 heterocycles. The third-order valence-electron chi connectivity index (χ3n) is 5.35. The molecule has 2 fully saturated rings. The fourth-order valence-electron chi connectivity index (χ4n) is 3.81. The first-order valence-corrected chi connectivity index (χ1v) is 9.63. The molecule has 0 bridgehead atoms. The number of rotatable bonds is 6. The second-order valence-corrected chi connectivity index (χ2v) is 7.15. The summed E-state index contributed by atoms with van der Waals surface area (Å²) in [5.74, 6) is 1.54. The van der Waals surface area contributed by atoms with Gasteiger partial charge in [0.15, 0.2) is 12.4 Å². The molecule has 1 amide bonds. The van der Waals surface area contributed by atoms with E-state index in [4.69, 9.17) is 23.7 Å². The number of methoxy groups -OCH3 is 2. The molecule has 7 nitrogen and oxygen atoms in total. The lowest BCUT2D eigenvalue weighted by molar-refractivity contribution is -0.219. The Bertz CT molecular complexity index is 837. The molecule has 4 atom stereocenters. The van der Waals surface area contributed by atoms with Crippen molar-refractivity contribution in [1.82, 2.24) is 0 Å². The Morgan fingerprint density at radius 2 is 1.62 bits per heavy atom. The normalized spacial score (nSPS) is 26.0. The monoisotopic (exact) mass is 399 g/mol. The molecular formula is C22H25NO6. The molecule has 0 radical (unpaired) electrons. The maximum absolute atomic E-state index is 12.6.